The number of piperidine rings is 1. The van der Waals surface area contributed by atoms with E-state index in [-0.39, 0.29) is 4.75 Å². The van der Waals surface area contributed by atoms with Gasteiger partial charge < -0.3 is 10.2 Å². The van der Waals surface area contributed by atoms with E-state index >= 15 is 0 Å². The van der Waals surface area contributed by atoms with Gasteiger partial charge in [0.2, 0.25) is 0 Å². The normalized spacial score (nSPS) is 26.3. The van der Waals surface area contributed by atoms with Gasteiger partial charge >= 0.3 is 0 Å². The summed E-state index contributed by atoms with van der Waals surface area (Å²) in [5.74, 6) is 2.59. The highest BCUT2D eigenvalue weighted by Crippen LogP contribution is 2.22. The molecule has 2 atom stereocenters. The number of nitrogens with one attached hydrogen (secondary N) is 1. The molecule has 4 heteroatoms. The first-order valence-electron chi connectivity index (χ1n) is 6.88. The van der Waals surface area contributed by atoms with E-state index in [4.69, 9.17) is 0 Å². The third kappa shape index (κ3) is 4.71. The van der Waals surface area contributed by atoms with Gasteiger partial charge in [0.15, 0.2) is 5.96 Å². The van der Waals surface area contributed by atoms with E-state index < -0.39 is 0 Å². The summed E-state index contributed by atoms with van der Waals surface area (Å²) >= 11 is 1.89. The molecule has 0 aromatic rings. The summed E-state index contributed by atoms with van der Waals surface area (Å²) in [5, 5.41) is 3.53. The van der Waals surface area contributed by atoms with Crippen LogP contribution in [0.3, 0.4) is 0 Å². The van der Waals surface area contributed by atoms with Gasteiger partial charge in [-0.3, -0.25) is 4.99 Å². The lowest BCUT2D eigenvalue weighted by molar-refractivity contribution is 0.208. The van der Waals surface area contributed by atoms with E-state index in [1.54, 1.807) is 0 Å². The van der Waals surface area contributed by atoms with Crippen molar-refractivity contribution in [1.82, 2.24) is 10.2 Å². The van der Waals surface area contributed by atoms with Crippen molar-refractivity contribution < 1.29 is 0 Å². The van der Waals surface area contributed by atoms with Crippen molar-refractivity contribution in [3.8, 4) is 0 Å². The summed E-state index contributed by atoms with van der Waals surface area (Å²) in [6.07, 6.45) is 3.50. The number of hydrogen-bond donors (Lipinski definition) is 1. The molecule has 1 fully saturated rings. The average molecular weight is 271 g/mol. The van der Waals surface area contributed by atoms with E-state index in [1.165, 1.54) is 6.42 Å². The lowest BCUT2D eigenvalue weighted by Gasteiger charge is -2.38. The number of nitrogens with zero attached hydrogens (tertiary/aromatic N) is 2. The molecule has 0 saturated carbocycles. The second-order valence-electron chi connectivity index (χ2n) is 6.22. The van der Waals surface area contributed by atoms with E-state index in [0.717, 1.165) is 37.4 Å². The molecule has 2 unspecified atom stereocenters. The molecular weight excluding hydrogens is 242 g/mol. The molecule has 1 N–H and O–H groups in total. The summed E-state index contributed by atoms with van der Waals surface area (Å²) in [6.45, 7) is 12.4. The van der Waals surface area contributed by atoms with Crippen molar-refractivity contribution in [2.24, 2.45) is 16.8 Å². The number of likely N-dealkylation sites (tertiary alicyclic amines) is 1. The van der Waals surface area contributed by atoms with Crippen LogP contribution in [0.15, 0.2) is 4.99 Å². The Morgan fingerprint density at radius 3 is 2.33 bits per heavy atom. The molecule has 1 heterocycles. The number of guanidine groups is 1. The van der Waals surface area contributed by atoms with E-state index in [2.05, 4.69) is 49.2 Å². The van der Waals surface area contributed by atoms with Crippen LogP contribution in [0.4, 0.5) is 0 Å². The monoisotopic (exact) mass is 271 g/mol. The van der Waals surface area contributed by atoms with Gasteiger partial charge in [0.05, 0.1) is 0 Å². The van der Waals surface area contributed by atoms with Crippen molar-refractivity contribution >= 4 is 17.7 Å². The molecule has 1 aliphatic rings. The fourth-order valence-corrected chi connectivity index (χ4v) is 2.75. The maximum absolute atomic E-state index is 4.44. The summed E-state index contributed by atoms with van der Waals surface area (Å²) in [6, 6.07) is 0. The molecule has 0 aliphatic carbocycles. The summed E-state index contributed by atoms with van der Waals surface area (Å²) in [5.41, 5.74) is 0. The minimum Gasteiger partial charge on any atom is -0.355 e. The highest BCUT2D eigenvalue weighted by atomic mass is 32.2. The Hall–Kier alpha value is -0.380. The minimum absolute atomic E-state index is 0.253. The smallest absolute Gasteiger partial charge is 0.193 e. The predicted molar refractivity (Wildman–Crippen MR) is 83.5 cm³/mol. The Balaban J connectivity index is 2.56. The molecule has 1 saturated heterocycles. The molecule has 3 nitrogen and oxygen atoms in total. The number of rotatable bonds is 3. The van der Waals surface area contributed by atoms with Crippen molar-refractivity contribution in [1.29, 1.82) is 0 Å². The van der Waals surface area contributed by atoms with Crippen LogP contribution in [-0.2, 0) is 0 Å². The molecule has 1 aliphatic heterocycles. The maximum Gasteiger partial charge on any atom is 0.193 e. The minimum atomic E-state index is 0.253. The van der Waals surface area contributed by atoms with Gasteiger partial charge in [0.25, 0.3) is 0 Å². The molecule has 0 spiro atoms. The lowest BCUT2D eigenvalue weighted by atomic mass is 9.92. The largest absolute Gasteiger partial charge is 0.355 e. The Kier molecular flexibility index (Phi) is 5.83. The number of hydrogen-bond acceptors (Lipinski definition) is 2. The molecule has 18 heavy (non-hydrogen) atoms. The van der Waals surface area contributed by atoms with E-state index in [9.17, 15) is 0 Å². The first-order valence-corrected chi connectivity index (χ1v) is 8.11. The molecule has 0 bridgehead atoms. The molecule has 0 amide bonds. The summed E-state index contributed by atoms with van der Waals surface area (Å²) < 4.78 is 0.253. The summed E-state index contributed by atoms with van der Waals surface area (Å²) in [7, 11) is 1.89. The van der Waals surface area contributed by atoms with Gasteiger partial charge in [-0.15, -0.1) is 0 Å². The quantitative estimate of drug-likeness (QED) is 0.632. The number of aliphatic imine (C=N–C) groups is 1. The zero-order valence-corrected chi connectivity index (χ0v) is 13.6. The molecular formula is C14H29N3S. The second kappa shape index (κ2) is 6.69. The van der Waals surface area contributed by atoms with Crippen LogP contribution >= 0.6 is 11.8 Å². The van der Waals surface area contributed by atoms with Gasteiger partial charge in [-0.25, -0.2) is 0 Å². The van der Waals surface area contributed by atoms with E-state index in [0.29, 0.717) is 0 Å². The molecule has 1 rings (SSSR count). The van der Waals surface area contributed by atoms with Crippen molar-refractivity contribution in [2.75, 3.05) is 32.9 Å². The Morgan fingerprint density at radius 1 is 1.33 bits per heavy atom. The molecule has 0 radical (unpaired) electrons. The van der Waals surface area contributed by atoms with Crippen LogP contribution in [0.25, 0.3) is 0 Å². The van der Waals surface area contributed by atoms with Crippen molar-refractivity contribution in [3.63, 3.8) is 0 Å². The Morgan fingerprint density at radius 2 is 1.89 bits per heavy atom. The van der Waals surface area contributed by atoms with Crippen LogP contribution in [0.5, 0.6) is 0 Å². The standard InChI is InChI=1S/C14H29N3S/c1-11-7-12(2)9-17(8-11)13(15-5)16-10-14(3,4)18-6/h11-12H,7-10H2,1-6H3,(H,15,16). The topological polar surface area (TPSA) is 27.6 Å². The van der Waals surface area contributed by atoms with Gasteiger partial charge in [0, 0.05) is 31.4 Å². The summed E-state index contributed by atoms with van der Waals surface area (Å²) in [4.78, 5) is 6.85. The van der Waals surface area contributed by atoms with Gasteiger partial charge in [-0.05, 0) is 38.4 Å². The highest BCUT2D eigenvalue weighted by molar-refractivity contribution is 7.99. The van der Waals surface area contributed by atoms with Crippen LogP contribution in [0.1, 0.15) is 34.1 Å². The molecule has 106 valence electrons. The molecule has 0 aromatic carbocycles. The fourth-order valence-electron chi connectivity index (χ4n) is 2.53. The number of thioether (sulfide) groups is 1. The Bertz CT molecular complexity index is 279. The van der Waals surface area contributed by atoms with Gasteiger partial charge in [0.1, 0.15) is 0 Å². The first-order chi connectivity index (χ1) is 8.38. The predicted octanol–water partition coefficient (Wildman–Crippen LogP) is 2.68. The van der Waals surface area contributed by atoms with Crippen molar-refractivity contribution in [2.45, 2.75) is 38.9 Å². The SMILES string of the molecule is CN=C(NCC(C)(C)SC)N1CC(C)CC(C)C1. The van der Waals surface area contributed by atoms with Crippen LogP contribution in [-0.4, -0.2) is 48.5 Å². The average Bonchev–Trinajstić information content (AvgIpc) is 2.28. The van der Waals surface area contributed by atoms with Gasteiger partial charge in [-0.2, -0.15) is 11.8 Å². The fraction of sp³-hybridized carbons (Fsp3) is 0.929. The first kappa shape index (κ1) is 15.7. The maximum atomic E-state index is 4.44. The van der Waals surface area contributed by atoms with Crippen LogP contribution < -0.4 is 5.32 Å². The van der Waals surface area contributed by atoms with Crippen molar-refractivity contribution in [3.05, 3.63) is 0 Å². The Labute approximate surface area is 117 Å². The lowest BCUT2D eigenvalue weighted by Crippen LogP contribution is -2.50. The van der Waals surface area contributed by atoms with Crippen LogP contribution in [0.2, 0.25) is 0 Å². The second-order valence-corrected chi connectivity index (χ2v) is 7.73. The van der Waals surface area contributed by atoms with E-state index in [1.807, 2.05) is 18.8 Å². The van der Waals surface area contributed by atoms with Crippen LogP contribution in [0, 0.1) is 11.8 Å². The third-order valence-electron chi connectivity index (χ3n) is 3.61. The van der Waals surface area contributed by atoms with Gasteiger partial charge in [-0.1, -0.05) is 13.8 Å². The zero-order valence-electron chi connectivity index (χ0n) is 12.8. The zero-order chi connectivity index (χ0) is 13.8. The third-order valence-corrected chi connectivity index (χ3v) is 4.85. The highest BCUT2D eigenvalue weighted by Gasteiger charge is 2.25. The molecule has 0 aromatic heterocycles.